The fraction of sp³-hybridized carbons (Fsp3) is 0.474. The molecule has 0 atom stereocenters. The first kappa shape index (κ1) is 20.4. The van der Waals surface area contributed by atoms with Crippen LogP contribution in [-0.2, 0) is 9.47 Å². The predicted octanol–water partition coefficient (Wildman–Crippen LogP) is 4.72. The highest BCUT2D eigenvalue weighted by Crippen LogP contribution is 2.24. The van der Waals surface area contributed by atoms with Crippen LogP contribution in [0.4, 0.5) is 15.3 Å². The van der Waals surface area contributed by atoms with Crippen molar-refractivity contribution < 1.29 is 23.5 Å². The van der Waals surface area contributed by atoms with E-state index in [4.69, 9.17) is 13.9 Å². The lowest BCUT2D eigenvalue weighted by Crippen LogP contribution is -2.43. The lowest BCUT2D eigenvalue weighted by molar-refractivity contribution is 0.0430. The minimum atomic E-state index is -0.849. The van der Waals surface area contributed by atoms with Gasteiger partial charge >= 0.3 is 12.2 Å². The van der Waals surface area contributed by atoms with Crippen LogP contribution in [0.15, 0.2) is 28.9 Å². The van der Waals surface area contributed by atoms with Crippen molar-refractivity contribution in [2.75, 3.05) is 4.90 Å². The molecule has 2 aromatic heterocycles. The average Bonchev–Trinajstić information content (AvgIpc) is 2.91. The number of hydrogen-bond donors (Lipinski definition) is 0. The number of carbonyl (C=O) groups is 2. The van der Waals surface area contributed by atoms with Gasteiger partial charge in [0, 0.05) is 0 Å². The summed E-state index contributed by atoms with van der Waals surface area (Å²) in [6, 6.07) is 3.15. The third-order valence-electron chi connectivity index (χ3n) is 3.00. The Bertz CT molecular complexity index is 785. The van der Waals surface area contributed by atoms with E-state index >= 15 is 0 Å². The fourth-order valence-corrected chi connectivity index (χ4v) is 2.02. The summed E-state index contributed by atoms with van der Waals surface area (Å²) in [4.78, 5) is 34.3. The van der Waals surface area contributed by atoms with Crippen molar-refractivity contribution in [3.8, 4) is 11.6 Å². The van der Waals surface area contributed by atoms with Gasteiger partial charge in [-0.05, 0) is 60.6 Å². The highest BCUT2D eigenvalue weighted by Gasteiger charge is 2.32. The highest BCUT2D eigenvalue weighted by atomic mass is 16.6. The Morgan fingerprint density at radius 2 is 1.48 bits per heavy atom. The predicted molar refractivity (Wildman–Crippen MR) is 99.4 cm³/mol. The standard InChI is InChI=1S/C19H25N3O5/c1-12-10-21-15(25-12)14-9-8-13(11-20-14)22(16(23)26-18(2,3)4)17(24)27-19(5,6)7/h8-11H,1-7H3. The normalized spacial score (nSPS) is 11.8. The van der Waals surface area contributed by atoms with E-state index in [1.807, 2.05) is 0 Å². The minimum absolute atomic E-state index is 0.213. The fourth-order valence-electron chi connectivity index (χ4n) is 2.02. The van der Waals surface area contributed by atoms with E-state index in [0.29, 0.717) is 17.3 Å². The number of oxazole rings is 1. The minimum Gasteiger partial charge on any atom is -0.443 e. The highest BCUT2D eigenvalue weighted by molar-refractivity contribution is 6.09. The van der Waals surface area contributed by atoms with Crippen molar-refractivity contribution in [1.82, 2.24) is 9.97 Å². The summed E-state index contributed by atoms with van der Waals surface area (Å²) in [5.74, 6) is 1.00. The summed E-state index contributed by atoms with van der Waals surface area (Å²) in [7, 11) is 0. The maximum absolute atomic E-state index is 12.6. The lowest BCUT2D eigenvalue weighted by atomic mass is 10.2. The zero-order valence-electron chi connectivity index (χ0n) is 16.7. The second kappa shape index (κ2) is 7.38. The SMILES string of the molecule is Cc1cnc(-c2ccc(N(C(=O)OC(C)(C)C)C(=O)OC(C)(C)C)cn2)o1. The zero-order valence-corrected chi connectivity index (χ0v) is 16.7. The molecule has 8 heteroatoms. The van der Waals surface area contributed by atoms with Gasteiger partial charge in [-0.2, -0.15) is 4.90 Å². The molecule has 0 unspecified atom stereocenters. The molecule has 146 valence electrons. The summed E-state index contributed by atoms with van der Waals surface area (Å²) in [5.41, 5.74) is -0.869. The van der Waals surface area contributed by atoms with E-state index in [9.17, 15) is 9.59 Å². The third kappa shape index (κ3) is 5.80. The molecule has 8 nitrogen and oxygen atoms in total. The summed E-state index contributed by atoms with van der Waals surface area (Å²) in [6.07, 6.45) is 1.25. The molecule has 0 aliphatic heterocycles. The number of hydrogen-bond acceptors (Lipinski definition) is 7. The van der Waals surface area contributed by atoms with Crippen LogP contribution in [0.3, 0.4) is 0 Å². The molecule has 27 heavy (non-hydrogen) atoms. The van der Waals surface area contributed by atoms with Gasteiger partial charge in [0.1, 0.15) is 22.7 Å². The Hall–Kier alpha value is -2.90. The Labute approximate surface area is 158 Å². The van der Waals surface area contributed by atoms with E-state index < -0.39 is 23.4 Å². The number of amides is 2. The molecular formula is C19H25N3O5. The van der Waals surface area contributed by atoms with E-state index in [-0.39, 0.29) is 5.69 Å². The number of carbonyl (C=O) groups excluding carboxylic acids is 2. The number of nitrogens with zero attached hydrogens (tertiary/aromatic N) is 3. The van der Waals surface area contributed by atoms with Crippen LogP contribution >= 0.6 is 0 Å². The molecule has 0 aliphatic carbocycles. The van der Waals surface area contributed by atoms with Gasteiger partial charge in [-0.1, -0.05) is 0 Å². The van der Waals surface area contributed by atoms with Crippen LogP contribution in [0.5, 0.6) is 0 Å². The van der Waals surface area contributed by atoms with E-state index in [2.05, 4.69) is 9.97 Å². The summed E-state index contributed by atoms with van der Waals surface area (Å²) in [5, 5.41) is 0. The first-order valence-corrected chi connectivity index (χ1v) is 8.51. The molecule has 2 aromatic rings. The first-order chi connectivity index (χ1) is 12.4. The number of imide groups is 1. The van der Waals surface area contributed by atoms with Crippen LogP contribution < -0.4 is 4.90 Å². The third-order valence-corrected chi connectivity index (χ3v) is 3.00. The van der Waals surface area contributed by atoms with Gasteiger partial charge in [0.15, 0.2) is 0 Å². The molecule has 0 aliphatic rings. The number of aryl methyl sites for hydroxylation is 1. The largest absolute Gasteiger partial charge is 0.443 e. The lowest BCUT2D eigenvalue weighted by Gasteiger charge is -2.28. The molecule has 0 saturated heterocycles. The van der Waals surface area contributed by atoms with E-state index in [1.54, 1.807) is 66.8 Å². The number of pyridine rings is 1. The molecule has 2 amide bonds. The molecular weight excluding hydrogens is 350 g/mol. The number of aromatic nitrogens is 2. The topological polar surface area (TPSA) is 94.8 Å². The summed E-state index contributed by atoms with van der Waals surface area (Å²) >= 11 is 0. The first-order valence-electron chi connectivity index (χ1n) is 8.51. The van der Waals surface area contributed by atoms with Gasteiger partial charge in [-0.25, -0.2) is 19.6 Å². The molecule has 0 N–H and O–H groups in total. The van der Waals surface area contributed by atoms with Crippen LogP contribution in [0, 0.1) is 6.92 Å². The molecule has 0 radical (unpaired) electrons. The van der Waals surface area contributed by atoms with Gasteiger partial charge in [0.25, 0.3) is 0 Å². The molecule has 0 fully saturated rings. The molecule has 0 aromatic carbocycles. The van der Waals surface area contributed by atoms with Gasteiger partial charge in [-0.15, -0.1) is 0 Å². The Morgan fingerprint density at radius 3 is 1.85 bits per heavy atom. The smallest absolute Gasteiger partial charge is 0.424 e. The molecule has 2 rings (SSSR count). The van der Waals surface area contributed by atoms with Gasteiger partial charge in [0.05, 0.1) is 18.1 Å². The molecule has 2 heterocycles. The van der Waals surface area contributed by atoms with Gasteiger partial charge in [-0.3, -0.25) is 0 Å². The van der Waals surface area contributed by atoms with Crippen LogP contribution in [0.1, 0.15) is 47.3 Å². The van der Waals surface area contributed by atoms with Gasteiger partial charge < -0.3 is 13.9 Å². The summed E-state index contributed by atoms with van der Waals surface area (Å²) < 4.78 is 16.1. The monoisotopic (exact) mass is 375 g/mol. The van der Waals surface area contributed by atoms with Crippen molar-refractivity contribution >= 4 is 17.9 Å². The van der Waals surface area contributed by atoms with Crippen LogP contribution in [0.2, 0.25) is 0 Å². The second-order valence-electron chi connectivity index (χ2n) is 7.97. The zero-order chi connectivity index (χ0) is 20.4. The van der Waals surface area contributed by atoms with Crippen LogP contribution in [-0.4, -0.2) is 33.4 Å². The van der Waals surface area contributed by atoms with Gasteiger partial charge in [0.2, 0.25) is 5.89 Å². The maximum atomic E-state index is 12.6. The van der Waals surface area contributed by atoms with Crippen molar-refractivity contribution in [2.24, 2.45) is 0 Å². The van der Waals surface area contributed by atoms with Crippen molar-refractivity contribution in [1.29, 1.82) is 0 Å². The van der Waals surface area contributed by atoms with E-state index in [1.165, 1.54) is 6.20 Å². The second-order valence-corrected chi connectivity index (χ2v) is 7.97. The quantitative estimate of drug-likeness (QED) is 0.749. The molecule has 0 spiro atoms. The number of anilines is 1. The average molecular weight is 375 g/mol. The Morgan fingerprint density at radius 1 is 0.926 bits per heavy atom. The van der Waals surface area contributed by atoms with Crippen molar-refractivity contribution in [3.63, 3.8) is 0 Å². The summed E-state index contributed by atoms with van der Waals surface area (Å²) in [6.45, 7) is 12.1. The Kier molecular flexibility index (Phi) is 5.58. The Balaban J connectivity index is 2.34. The number of rotatable bonds is 2. The molecule has 0 bridgehead atoms. The maximum Gasteiger partial charge on any atom is 0.424 e. The van der Waals surface area contributed by atoms with Crippen molar-refractivity contribution in [2.45, 2.75) is 59.7 Å². The molecule has 0 saturated carbocycles. The van der Waals surface area contributed by atoms with E-state index in [0.717, 1.165) is 4.90 Å². The number of ether oxygens (including phenoxy) is 2. The van der Waals surface area contributed by atoms with Crippen LogP contribution in [0.25, 0.3) is 11.6 Å². The van der Waals surface area contributed by atoms with Crippen molar-refractivity contribution in [3.05, 3.63) is 30.3 Å².